The number of hydrogen-bond donors (Lipinski definition) is 0. The van der Waals surface area contributed by atoms with E-state index in [1.807, 2.05) is 0 Å². The van der Waals surface area contributed by atoms with Gasteiger partial charge in [0.1, 0.15) is 0 Å². The summed E-state index contributed by atoms with van der Waals surface area (Å²) in [7, 11) is 0. The Morgan fingerprint density at radius 2 is 1.94 bits per heavy atom. The Hall–Kier alpha value is -1.78. The number of alkyl halides is 1. The molecule has 1 aromatic carbocycles. The summed E-state index contributed by atoms with van der Waals surface area (Å²) < 4.78 is 14.1. The third-order valence-electron chi connectivity index (χ3n) is 2.74. The molecule has 1 aliphatic carbocycles. The fourth-order valence-electron chi connectivity index (χ4n) is 1.68. The molecule has 0 radical (unpaired) electrons. The molecule has 0 heterocycles. The molecule has 1 fully saturated rings. The molecule has 84 valence electrons. The molecule has 4 nitrogen and oxygen atoms in total. The van der Waals surface area contributed by atoms with Crippen molar-refractivity contribution in [3.05, 3.63) is 46.0 Å². The Kier molecular flexibility index (Phi) is 2.46. The predicted octanol–water partition coefficient (Wildman–Crippen LogP) is 2.22. The molecule has 0 amide bonds. The third-order valence-corrected chi connectivity index (χ3v) is 2.74. The van der Waals surface area contributed by atoms with Gasteiger partial charge in [-0.05, 0) is 12.8 Å². The summed E-state index contributed by atoms with van der Waals surface area (Å²) in [6.45, 7) is 0. The zero-order valence-electron chi connectivity index (χ0n) is 8.43. The van der Waals surface area contributed by atoms with E-state index in [0.29, 0.717) is 12.8 Å². The summed E-state index contributed by atoms with van der Waals surface area (Å²) in [6.07, 6.45) is 0.798. The monoisotopic (exact) mass is 223 g/mol. The van der Waals surface area contributed by atoms with Gasteiger partial charge in [-0.1, -0.05) is 30.3 Å². The van der Waals surface area contributed by atoms with Crippen molar-refractivity contribution in [3.63, 3.8) is 0 Å². The molecule has 1 unspecified atom stereocenters. The minimum atomic E-state index is -2.94. The second-order valence-electron chi connectivity index (χ2n) is 3.90. The van der Waals surface area contributed by atoms with Crippen molar-refractivity contribution in [3.8, 4) is 0 Å². The lowest BCUT2D eigenvalue weighted by Gasteiger charge is -2.14. The average molecular weight is 223 g/mol. The standard InChI is InChI=1S/C11H10FNO3/c12-11(13(15)16,9-6-7-9)10(14)8-4-2-1-3-5-8/h1-5,9H,6-7H2. The van der Waals surface area contributed by atoms with Crippen molar-refractivity contribution in [2.24, 2.45) is 5.92 Å². The van der Waals surface area contributed by atoms with Gasteiger partial charge in [0.25, 0.3) is 5.78 Å². The van der Waals surface area contributed by atoms with E-state index < -0.39 is 22.4 Å². The maximum absolute atomic E-state index is 14.1. The van der Waals surface area contributed by atoms with Crippen LogP contribution in [0.5, 0.6) is 0 Å². The lowest BCUT2D eigenvalue weighted by molar-refractivity contribution is -0.589. The minimum Gasteiger partial charge on any atom is -0.283 e. The normalized spacial score (nSPS) is 18.8. The fourth-order valence-corrected chi connectivity index (χ4v) is 1.68. The predicted molar refractivity (Wildman–Crippen MR) is 54.3 cm³/mol. The molecule has 0 bridgehead atoms. The number of hydrogen-bond acceptors (Lipinski definition) is 3. The highest BCUT2D eigenvalue weighted by Crippen LogP contribution is 2.44. The van der Waals surface area contributed by atoms with Gasteiger partial charge in [-0.15, -0.1) is 0 Å². The summed E-state index contributed by atoms with van der Waals surface area (Å²) in [5.74, 6) is -4.75. The zero-order chi connectivity index (χ0) is 11.8. The highest BCUT2D eigenvalue weighted by atomic mass is 19.1. The van der Waals surface area contributed by atoms with Crippen molar-refractivity contribution in [1.82, 2.24) is 0 Å². The number of halogens is 1. The summed E-state index contributed by atoms with van der Waals surface area (Å²) in [5.41, 5.74) is 0.0496. The molecule has 16 heavy (non-hydrogen) atoms. The van der Waals surface area contributed by atoms with Crippen molar-refractivity contribution >= 4 is 5.78 Å². The molecule has 0 N–H and O–H groups in total. The van der Waals surface area contributed by atoms with Gasteiger partial charge in [-0.25, -0.2) is 0 Å². The molecular weight excluding hydrogens is 213 g/mol. The van der Waals surface area contributed by atoms with Gasteiger partial charge in [0.15, 0.2) is 0 Å². The van der Waals surface area contributed by atoms with Crippen LogP contribution < -0.4 is 0 Å². The van der Waals surface area contributed by atoms with Crippen LogP contribution in [0.1, 0.15) is 23.2 Å². The number of Topliss-reactive ketones (excluding diaryl/α,β-unsaturated/α-hetero) is 1. The molecule has 0 aliphatic heterocycles. The van der Waals surface area contributed by atoms with Crippen LogP contribution in [-0.4, -0.2) is 16.5 Å². The molecule has 5 heteroatoms. The van der Waals surface area contributed by atoms with Crippen LogP contribution in [-0.2, 0) is 0 Å². The molecule has 2 rings (SSSR count). The van der Waals surface area contributed by atoms with Crippen molar-refractivity contribution in [2.75, 3.05) is 0 Å². The van der Waals surface area contributed by atoms with Crippen LogP contribution in [0.25, 0.3) is 0 Å². The first kappa shape index (κ1) is 10.7. The van der Waals surface area contributed by atoms with Crippen LogP contribution >= 0.6 is 0 Å². The number of rotatable bonds is 4. The van der Waals surface area contributed by atoms with E-state index in [2.05, 4.69) is 0 Å². The van der Waals surface area contributed by atoms with E-state index in [1.165, 1.54) is 12.1 Å². The van der Waals surface area contributed by atoms with Crippen LogP contribution in [0.3, 0.4) is 0 Å². The Balaban J connectivity index is 2.35. The Morgan fingerprint density at radius 3 is 2.38 bits per heavy atom. The van der Waals surface area contributed by atoms with Crippen LogP contribution in [0, 0.1) is 16.0 Å². The van der Waals surface area contributed by atoms with Gasteiger partial charge in [0.2, 0.25) is 0 Å². The van der Waals surface area contributed by atoms with E-state index in [4.69, 9.17) is 0 Å². The topological polar surface area (TPSA) is 60.2 Å². The molecule has 1 aliphatic rings. The van der Waals surface area contributed by atoms with Gasteiger partial charge in [-0.2, -0.15) is 4.39 Å². The molecule has 1 aromatic rings. The highest BCUT2D eigenvalue weighted by Gasteiger charge is 2.62. The molecular formula is C11H10FNO3. The number of carbonyl (C=O) groups excluding carboxylic acids is 1. The van der Waals surface area contributed by atoms with Crippen LogP contribution in [0.2, 0.25) is 0 Å². The number of benzene rings is 1. The first-order valence-electron chi connectivity index (χ1n) is 5.00. The highest BCUT2D eigenvalue weighted by molar-refractivity contribution is 6.01. The number of carbonyl (C=O) groups is 1. The minimum absolute atomic E-state index is 0.0496. The first-order chi connectivity index (χ1) is 7.56. The molecule has 0 spiro atoms. The van der Waals surface area contributed by atoms with Gasteiger partial charge in [0.05, 0.1) is 10.8 Å². The smallest absolute Gasteiger partial charge is 0.283 e. The number of ketones is 1. The largest absolute Gasteiger partial charge is 0.423 e. The molecule has 0 aromatic heterocycles. The van der Waals surface area contributed by atoms with Crippen molar-refractivity contribution in [1.29, 1.82) is 0 Å². The summed E-state index contributed by atoms with van der Waals surface area (Å²) >= 11 is 0. The Labute approximate surface area is 91.2 Å². The summed E-state index contributed by atoms with van der Waals surface area (Å²) in [5, 5.41) is 10.7. The van der Waals surface area contributed by atoms with Crippen molar-refractivity contribution in [2.45, 2.75) is 18.6 Å². The van der Waals surface area contributed by atoms with Gasteiger partial charge in [0, 0.05) is 5.56 Å². The van der Waals surface area contributed by atoms with Crippen molar-refractivity contribution < 1.29 is 14.1 Å². The lowest BCUT2D eigenvalue weighted by Crippen LogP contribution is -2.44. The average Bonchev–Trinajstić information content (AvgIpc) is 3.12. The number of nitrogens with zero attached hydrogens (tertiary/aromatic N) is 1. The Morgan fingerprint density at radius 1 is 1.38 bits per heavy atom. The van der Waals surface area contributed by atoms with E-state index in [0.717, 1.165) is 0 Å². The van der Waals surface area contributed by atoms with Crippen LogP contribution in [0.4, 0.5) is 4.39 Å². The van der Waals surface area contributed by atoms with E-state index in [1.54, 1.807) is 18.2 Å². The molecule has 0 saturated heterocycles. The maximum atomic E-state index is 14.1. The van der Waals surface area contributed by atoms with E-state index in [-0.39, 0.29) is 5.56 Å². The SMILES string of the molecule is O=C(c1ccccc1)C(F)(C1CC1)[N+](=O)[O-]. The Bertz CT molecular complexity index is 430. The van der Waals surface area contributed by atoms with Gasteiger partial charge in [-0.3, -0.25) is 14.9 Å². The lowest BCUT2D eigenvalue weighted by atomic mass is 9.98. The van der Waals surface area contributed by atoms with Gasteiger partial charge >= 0.3 is 5.79 Å². The van der Waals surface area contributed by atoms with E-state index >= 15 is 0 Å². The van der Waals surface area contributed by atoms with E-state index in [9.17, 15) is 19.3 Å². The maximum Gasteiger partial charge on any atom is 0.423 e. The first-order valence-corrected chi connectivity index (χ1v) is 5.00. The second-order valence-corrected chi connectivity index (χ2v) is 3.90. The summed E-state index contributed by atoms with van der Waals surface area (Å²) in [4.78, 5) is 21.4. The zero-order valence-corrected chi connectivity index (χ0v) is 8.43. The van der Waals surface area contributed by atoms with Crippen LogP contribution in [0.15, 0.2) is 30.3 Å². The van der Waals surface area contributed by atoms with Gasteiger partial charge < -0.3 is 0 Å². The fraction of sp³-hybridized carbons (Fsp3) is 0.364. The third kappa shape index (κ3) is 1.58. The summed E-state index contributed by atoms with van der Waals surface area (Å²) in [6, 6.07) is 7.56. The molecule has 1 atom stereocenters. The molecule has 1 saturated carbocycles. The number of nitro groups is 1. The second kappa shape index (κ2) is 3.66. The quantitative estimate of drug-likeness (QED) is 0.340.